The first-order valence-corrected chi connectivity index (χ1v) is 3.72. The van der Waals surface area contributed by atoms with Gasteiger partial charge in [-0.25, -0.2) is 4.79 Å². The Hall–Kier alpha value is -1.51. The molecule has 0 saturated carbocycles. The van der Waals surface area contributed by atoms with E-state index in [-0.39, 0.29) is 0 Å². The molecule has 0 aliphatic carbocycles. The highest BCUT2D eigenvalue weighted by Gasteiger charge is 1.96. The molecule has 1 aromatic rings. The molecule has 0 saturated heterocycles. The van der Waals surface area contributed by atoms with Gasteiger partial charge < -0.3 is 9.52 Å². The molecule has 0 unspecified atom stereocenters. The first-order chi connectivity index (χ1) is 5.72. The molecule has 3 nitrogen and oxygen atoms in total. The van der Waals surface area contributed by atoms with E-state index in [1.807, 2.05) is 13.0 Å². The van der Waals surface area contributed by atoms with E-state index in [0.29, 0.717) is 5.76 Å². The lowest BCUT2D eigenvalue weighted by atomic mass is 10.3. The van der Waals surface area contributed by atoms with Gasteiger partial charge in [0.05, 0.1) is 0 Å². The Labute approximate surface area is 70.3 Å². The predicted molar refractivity (Wildman–Crippen MR) is 44.8 cm³/mol. The quantitative estimate of drug-likeness (QED) is 0.698. The second kappa shape index (κ2) is 3.76. The molecule has 1 heterocycles. The number of aliphatic carboxylic acids is 1. The first-order valence-electron chi connectivity index (χ1n) is 3.72. The van der Waals surface area contributed by atoms with Gasteiger partial charge in [0.15, 0.2) is 0 Å². The minimum atomic E-state index is -0.968. The van der Waals surface area contributed by atoms with Crippen LogP contribution in [0.15, 0.2) is 22.6 Å². The zero-order valence-electron chi connectivity index (χ0n) is 6.78. The summed E-state index contributed by atoms with van der Waals surface area (Å²) < 4.78 is 5.23. The van der Waals surface area contributed by atoms with Crippen molar-refractivity contribution < 1.29 is 14.3 Å². The van der Waals surface area contributed by atoms with Crippen LogP contribution in [0, 0.1) is 0 Å². The van der Waals surface area contributed by atoms with Crippen molar-refractivity contribution in [2.45, 2.75) is 13.3 Å². The van der Waals surface area contributed by atoms with E-state index in [2.05, 4.69) is 0 Å². The predicted octanol–water partition coefficient (Wildman–Crippen LogP) is 1.94. The molecule has 0 spiro atoms. The third-order valence-corrected chi connectivity index (χ3v) is 1.42. The molecule has 0 bridgehead atoms. The molecule has 0 aliphatic rings. The Morgan fingerprint density at radius 2 is 2.42 bits per heavy atom. The largest absolute Gasteiger partial charge is 0.478 e. The van der Waals surface area contributed by atoms with Gasteiger partial charge in [-0.1, -0.05) is 6.92 Å². The standard InChI is InChI=1S/C9H10O3/c1-2-7-3-4-8(12-7)5-6-9(10)11/h3-6H,2H2,1H3,(H,10,11)/b6-5+. The maximum absolute atomic E-state index is 10.1. The number of hydrogen-bond donors (Lipinski definition) is 1. The van der Waals surface area contributed by atoms with E-state index in [4.69, 9.17) is 9.52 Å². The van der Waals surface area contributed by atoms with Crippen LogP contribution in [0.2, 0.25) is 0 Å². The van der Waals surface area contributed by atoms with Crippen LogP contribution in [0.4, 0.5) is 0 Å². The Balaban J connectivity index is 2.70. The minimum absolute atomic E-state index is 0.578. The molecule has 0 amide bonds. The van der Waals surface area contributed by atoms with Gasteiger partial charge in [-0.15, -0.1) is 0 Å². The molecule has 64 valence electrons. The van der Waals surface area contributed by atoms with Crippen molar-refractivity contribution in [3.8, 4) is 0 Å². The monoisotopic (exact) mass is 166 g/mol. The van der Waals surface area contributed by atoms with Gasteiger partial charge in [-0.3, -0.25) is 0 Å². The van der Waals surface area contributed by atoms with E-state index in [0.717, 1.165) is 18.3 Å². The number of rotatable bonds is 3. The number of carboxylic acids is 1. The van der Waals surface area contributed by atoms with Crippen LogP contribution >= 0.6 is 0 Å². The van der Waals surface area contributed by atoms with Gasteiger partial charge in [0.25, 0.3) is 0 Å². The minimum Gasteiger partial charge on any atom is -0.478 e. The van der Waals surface area contributed by atoms with Gasteiger partial charge in [-0.05, 0) is 18.2 Å². The normalized spacial score (nSPS) is 10.8. The van der Waals surface area contributed by atoms with Crippen LogP contribution in [-0.2, 0) is 11.2 Å². The maximum atomic E-state index is 10.1. The van der Waals surface area contributed by atoms with Crippen molar-refractivity contribution in [1.82, 2.24) is 0 Å². The average Bonchev–Trinajstić information content (AvgIpc) is 2.48. The Bertz CT molecular complexity index is 296. The SMILES string of the molecule is CCc1ccc(/C=C/C(=O)O)o1. The van der Waals surface area contributed by atoms with Crippen molar-refractivity contribution in [2.24, 2.45) is 0 Å². The fourth-order valence-corrected chi connectivity index (χ4v) is 0.828. The van der Waals surface area contributed by atoms with Crippen molar-refractivity contribution in [1.29, 1.82) is 0 Å². The second-order valence-electron chi connectivity index (χ2n) is 2.33. The molecule has 1 N–H and O–H groups in total. The fraction of sp³-hybridized carbons (Fsp3) is 0.222. The van der Waals surface area contributed by atoms with Gasteiger partial charge in [0.1, 0.15) is 11.5 Å². The second-order valence-corrected chi connectivity index (χ2v) is 2.33. The molecule has 0 aromatic carbocycles. The van der Waals surface area contributed by atoms with Crippen LogP contribution in [0.25, 0.3) is 6.08 Å². The summed E-state index contributed by atoms with van der Waals surface area (Å²) in [6.45, 7) is 1.98. The lowest BCUT2D eigenvalue weighted by Crippen LogP contribution is -1.84. The molecule has 1 aromatic heterocycles. The molecule has 0 fully saturated rings. The zero-order valence-corrected chi connectivity index (χ0v) is 6.78. The number of furan rings is 1. The molecular weight excluding hydrogens is 156 g/mol. The summed E-state index contributed by atoms with van der Waals surface area (Å²) in [5.74, 6) is 0.471. The van der Waals surface area contributed by atoms with Crippen LogP contribution < -0.4 is 0 Å². The van der Waals surface area contributed by atoms with Gasteiger partial charge in [-0.2, -0.15) is 0 Å². The molecule has 0 atom stereocenters. The lowest BCUT2D eigenvalue weighted by molar-refractivity contribution is -0.131. The smallest absolute Gasteiger partial charge is 0.328 e. The first kappa shape index (κ1) is 8.59. The van der Waals surface area contributed by atoms with Crippen LogP contribution in [0.1, 0.15) is 18.4 Å². The average molecular weight is 166 g/mol. The number of carbonyl (C=O) groups is 1. The number of aryl methyl sites for hydroxylation is 1. The van der Waals surface area contributed by atoms with Gasteiger partial charge in [0, 0.05) is 12.5 Å². The number of hydrogen-bond acceptors (Lipinski definition) is 2. The molecule has 12 heavy (non-hydrogen) atoms. The Kier molecular flexibility index (Phi) is 2.69. The van der Waals surface area contributed by atoms with Crippen molar-refractivity contribution in [3.63, 3.8) is 0 Å². The Morgan fingerprint density at radius 1 is 1.67 bits per heavy atom. The van der Waals surface area contributed by atoms with Crippen molar-refractivity contribution in [2.75, 3.05) is 0 Å². The summed E-state index contributed by atoms with van der Waals surface area (Å²) in [7, 11) is 0. The summed E-state index contributed by atoms with van der Waals surface area (Å²) in [4.78, 5) is 10.1. The highest BCUT2D eigenvalue weighted by molar-refractivity contribution is 5.84. The zero-order chi connectivity index (χ0) is 8.97. The van der Waals surface area contributed by atoms with Crippen LogP contribution in [-0.4, -0.2) is 11.1 Å². The summed E-state index contributed by atoms with van der Waals surface area (Å²) >= 11 is 0. The van der Waals surface area contributed by atoms with E-state index in [9.17, 15) is 4.79 Å². The highest BCUT2D eigenvalue weighted by atomic mass is 16.4. The third kappa shape index (κ3) is 2.27. The summed E-state index contributed by atoms with van der Waals surface area (Å²) in [5, 5.41) is 8.31. The third-order valence-electron chi connectivity index (χ3n) is 1.42. The number of carboxylic acid groups (broad SMARTS) is 1. The van der Waals surface area contributed by atoms with E-state index >= 15 is 0 Å². The van der Waals surface area contributed by atoms with Crippen LogP contribution in [0.3, 0.4) is 0 Å². The van der Waals surface area contributed by atoms with Crippen molar-refractivity contribution in [3.05, 3.63) is 29.7 Å². The highest BCUT2D eigenvalue weighted by Crippen LogP contribution is 2.09. The summed E-state index contributed by atoms with van der Waals surface area (Å²) in [5.41, 5.74) is 0. The summed E-state index contributed by atoms with van der Waals surface area (Å²) in [6, 6.07) is 3.58. The lowest BCUT2D eigenvalue weighted by Gasteiger charge is -1.85. The summed E-state index contributed by atoms with van der Waals surface area (Å²) in [6.07, 6.45) is 3.31. The van der Waals surface area contributed by atoms with E-state index in [1.165, 1.54) is 6.08 Å². The Morgan fingerprint density at radius 3 is 2.92 bits per heavy atom. The van der Waals surface area contributed by atoms with Gasteiger partial charge >= 0.3 is 5.97 Å². The van der Waals surface area contributed by atoms with E-state index < -0.39 is 5.97 Å². The molecule has 1 rings (SSSR count). The van der Waals surface area contributed by atoms with Crippen LogP contribution in [0.5, 0.6) is 0 Å². The van der Waals surface area contributed by atoms with Crippen molar-refractivity contribution >= 4 is 12.0 Å². The maximum Gasteiger partial charge on any atom is 0.328 e. The molecule has 0 radical (unpaired) electrons. The molecular formula is C9H10O3. The van der Waals surface area contributed by atoms with Gasteiger partial charge in [0.2, 0.25) is 0 Å². The molecule has 3 heteroatoms. The molecule has 0 aliphatic heterocycles. The van der Waals surface area contributed by atoms with E-state index in [1.54, 1.807) is 6.07 Å². The fourth-order valence-electron chi connectivity index (χ4n) is 0.828. The topological polar surface area (TPSA) is 50.4 Å².